The first-order chi connectivity index (χ1) is 10.7. The van der Waals surface area contributed by atoms with E-state index in [1.165, 1.54) is 26.4 Å². The minimum atomic E-state index is -3.62. The van der Waals surface area contributed by atoms with Gasteiger partial charge < -0.3 is 5.32 Å². The number of pyridine rings is 1. The Bertz CT molecular complexity index is 831. The van der Waals surface area contributed by atoms with Crippen molar-refractivity contribution >= 4 is 21.6 Å². The first-order valence-electron chi connectivity index (χ1n) is 6.98. The van der Waals surface area contributed by atoms with Gasteiger partial charge in [-0.15, -0.1) is 0 Å². The highest BCUT2D eigenvalue weighted by atomic mass is 32.2. The zero-order valence-corrected chi connectivity index (χ0v) is 14.3. The number of anilines is 1. The van der Waals surface area contributed by atoms with Crippen molar-refractivity contribution in [2.45, 2.75) is 18.7 Å². The highest BCUT2D eigenvalue weighted by Gasteiger charge is 2.23. The van der Waals surface area contributed by atoms with Crippen LogP contribution in [0, 0.1) is 13.8 Å². The van der Waals surface area contributed by atoms with Gasteiger partial charge in [0.2, 0.25) is 10.0 Å². The van der Waals surface area contributed by atoms with Gasteiger partial charge in [-0.3, -0.25) is 9.78 Å². The third kappa shape index (κ3) is 3.57. The van der Waals surface area contributed by atoms with Crippen LogP contribution in [0.25, 0.3) is 0 Å². The van der Waals surface area contributed by atoms with Crippen molar-refractivity contribution in [2.24, 2.45) is 0 Å². The maximum Gasteiger partial charge on any atom is 0.255 e. The molecule has 1 N–H and O–H groups in total. The van der Waals surface area contributed by atoms with Gasteiger partial charge in [-0.05, 0) is 49.2 Å². The van der Waals surface area contributed by atoms with Crippen molar-refractivity contribution in [3.63, 3.8) is 0 Å². The van der Waals surface area contributed by atoms with E-state index in [0.717, 1.165) is 9.87 Å². The minimum Gasteiger partial charge on any atom is -0.321 e. The zero-order chi connectivity index (χ0) is 17.2. The molecule has 0 saturated carbocycles. The second-order valence-corrected chi connectivity index (χ2v) is 7.52. The fourth-order valence-corrected chi connectivity index (χ4v) is 3.28. The molecular formula is C16H19N3O3S. The molecule has 0 saturated heterocycles. The van der Waals surface area contributed by atoms with Gasteiger partial charge in [0.05, 0.1) is 16.8 Å². The summed E-state index contributed by atoms with van der Waals surface area (Å²) in [5.41, 5.74) is 2.21. The summed E-state index contributed by atoms with van der Waals surface area (Å²) >= 11 is 0. The molecule has 2 aromatic rings. The van der Waals surface area contributed by atoms with Crippen LogP contribution >= 0.6 is 0 Å². The normalized spacial score (nSPS) is 11.5. The number of rotatable bonds is 4. The standard InChI is InChI=1S/C16H19N3O3S/c1-11-8-13(16(20)18-14-6-5-7-17-10-14)9-15(12(11)2)23(21,22)19(3)4/h5-10H,1-4H3,(H,18,20). The molecule has 7 heteroatoms. The van der Waals surface area contributed by atoms with Gasteiger partial charge in [0, 0.05) is 25.9 Å². The average molecular weight is 333 g/mol. The van der Waals surface area contributed by atoms with Gasteiger partial charge in [0.1, 0.15) is 0 Å². The average Bonchev–Trinajstić information content (AvgIpc) is 2.50. The van der Waals surface area contributed by atoms with Crippen LogP contribution in [0.2, 0.25) is 0 Å². The molecule has 0 radical (unpaired) electrons. The van der Waals surface area contributed by atoms with E-state index in [1.807, 2.05) is 0 Å². The number of aryl methyl sites for hydroxylation is 1. The highest BCUT2D eigenvalue weighted by Crippen LogP contribution is 2.23. The fourth-order valence-electron chi connectivity index (χ4n) is 2.06. The molecule has 0 aliphatic heterocycles. The van der Waals surface area contributed by atoms with E-state index in [4.69, 9.17) is 0 Å². The largest absolute Gasteiger partial charge is 0.321 e. The Morgan fingerprint density at radius 2 is 1.91 bits per heavy atom. The molecule has 1 aromatic carbocycles. The monoisotopic (exact) mass is 333 g/mol. The number of aromatic nitrogens is 1. The van der Waals surface area contributed by atoms with E-state index >= 15 is 0 Å². The molecule has 0 aliphatic rings. The lowest BCUT2D eigenvalue weighted by molar-refractivity contribution is 0.102. The van der Waals surface area contributed by atoms with Crippen LogP contribution in [0.3, 0.4) is 0 Å². The SMILES string of the molecule is Cc1cc(C(=O)Nc2cccnc2)cc(S(=O)(=O)N(C)C)c1C. The minimum absolute atomic E-state index is 0.138. The van der Waals surface area contributed by atoms with Crippen molar-refractivity contribution in [1.29, 1.82) is 0 Å². The van der Waals surface area contributed by atoms with Gasteiger partial charge in [-0.2, -0.15) is 0 Å². The van der Waals surface area contributed by atoms with Gasteiger partial charge in [-0.1, -0.05) is 0 Å². The Morgan fingerprint density at radius 3 is 2.48 bits per heavy atom. The Hall–Kier alpha value is -2.25. The van der Waals surface area contributed by atoms with Crippen LogP contribution in [-0.4, -0.2) is 37.7 Å². The van der Waals surface area contributed by atoms with E-state index in [2.05, 4.69) is 10.3 Å². The Balaban J connectivity index is 2.45. The van der Waals surface area contributed by atoms with Crippen LogP contribution < -0.4 is 5.32 Å². The van der Waals surface area contributed by atoms with Crippen LogP contribution in [-0.2, 0) is 10.0 Å². The molecule has 0 atom stereocenters. The summed E-state index contributed by atoms with van der Waals surface area (Å²) in [6.07, 6.45) is 3.13. The maximum atomic E-state index is 12.4. The fraction of sp³-hybridized carbons (Fsp3) is 0.250. The van der Waals surface area contributed by atoms with Crippen molar-refractivity contribution in [2.75, 3.05) is 19.4 Å². The van der Waals surface area contributed by atoms with Crippen molar-refractivity contribution in [3.05, 3.63) is 53.3 Å². The number of nitrogens with one attached hydrogen (secondary N) is 1. The highest BCUT2D eigenvalue weighted by molar-refractivity contribution is 7.89. The quantitative estimate of drug-likeness (QED) is 0.930. The molecule has 6 nitrogen and oxygen atoms in total. The van der Waals surface area contributed by atoms with E-state index in [9.17, 15) is 13.2 Å². The number of hydrogen-bond donors (Lipinski definition) is 1. The number of carbonyl (C=O) groups excluding carboxylic acids is 1. The smallest absolute Gasteiger partial charge is 0.255 e. The van der Waals surface area contributed by atoms with Gasteiger partial charge in [-0.25, -0.2) is 12.7 Å². The van der Waals surface area contributed by atoms with Crippen LogP contribution in [0.4, 0.5) is 5.69 Å². The van der Waals surface area contributed by atoms with E-state index in [0.29, 0.717) is 11.3 Å². The summed E-state index contributed by atoms with van der Waals surface area (Å²) in [5.74, 6) is -0.378. The summed E-state index contributed by atoms with van der Waals surface area (Å²) in [5, 5.41) is 2.70. The Morgan fingerprint density at radius 1 is 1.22 bits per heavy atom. The van der Waals surface area contributed by atoms with Crippen molar-refractivity contribution in [3.8, 4) is 0 Å². The molecule has 0 aliphatic carbocycles. The van der Waals surface area contributed by atoms with Gasteiger partial charge in [0.25, 0.3) is 5.91 Å². The molecule has 122 valence electrons. The predicted octanol–water partition coefficient (Wildman–Crippen LogP) is 2.20. The summed E-state index contributed by atoms with van der Waals surface area (Å²) in [6, 6.07) is 6.50. The molecule has 0 bridgehead atoms. The molecular weight excluding hydrogens is 314 g/mol. The lowest BCUT2D eigenvalue weighted by Gasteiger charge is -2.16. The van der Waals surface area contributed by atoms with Crippen LogP contribution in [0.5, 0.6) is 0 Å². The zero-order valence-electron chi connectivity index (χ0n) is 13.5. The molecule has 0 fully saturated rings. The number of sulfonamides is 1. The predicted molar refractivity (Wildman–Crippen MR) is 89.0 cm³/mol. The van der Waals surface area contributed by atoms with E-state index in [1.54, 1.807) is 38.2 Å². The molecule has 0 unspecified atom stereocenters. The van der Waals surface area contributed by atoms with Crippen molar-refractivity contribution in [1.82, 2.24) is 9.29 Å². The second kappa shape index (κ2) is 6.47. The number of nitrogens with zero attached hydrogens (tertiary/aromatic N) is 2. The third-order valence-electron chi connectivity index (χ3n) is 3.56. The molecule has 1 aromatic heterocycles. The van der Waals surface area contributed by atoms with Gasteiger partial charge >= 0.3 is 0 Å². The first-order valence-corrected chi connectivity index (χ1v) is 8.42. The lowest BCUT2D eigenvalue weighted by Crippen LogP contribution is -2.24. The first kappa shape index (κ1) is 17.1. The number of benzene rings is 1. The number of carbonyl (C=O) groups is 1. The Labute approximate surface area is 136 Å². The van der Waals surface area contributed by atoms with E-state index in [-0.39, 0.29) is 16.4 Å². The molecule has 1 heterocycles. The summed E-state index contributed by atoms with van der Waals surface area (Å²) in [4.78, 5) is 16.4. The second-order valence-electron chi connectivity index (χ2n) is 5.40. The van der Waals surface area contributed by atoms with Gasteiger partial charge in [0.15, 0.2) is 0 Å². The van der Waals surface area contributed by atoms with E-state index < -0.39 is 10.0 Å². The van der Waals surface area contributed by atoms with Crippen LogP contribution in [0.1, 0.15) is 21.5 Å². The number of amides is 1. The molecule has 2 rings (SSSR count). The summed E-state index contributed by atoms with van der Waals surface area (Å²) < 4.78 is 26.0. The van der Waals surface area contributed by atoms with Crippen LogP contribution in [0.15, 0.2) is 41.6 Å². The lowest BCUT2D eigenvalue weighted by atomic mass is 10.1. The summed E-state index contributed by atoms with van der Waals surface area (Å²) in [7, 11) is -0.688. The summed E-state index contributed by atoms with van der Waals surface area (Å²) in [6.45, 7) is 3.51. The molecule has 1 amide bonds. The maximum absolute atomic E-state index is 12.4. The topological polar surface area (TPSA) is 79.4 Å². The number of hydrogen-bond acceptors (Lipinski definition) is 4. The molecule has 0 spiro atoms. The Kier molecular flexibility index (Phi) is 4.82. The molecule has 23 heavy (non-hydrogen) atoms. The van der Waals surface area contributed by atoms with Crippen molar-refractivity contribution < 1.29 is 13.2 Å². The third-order valence-corrected chi connectivity index (χ3v) is 5.50.